The van der Waals surface area contributed by atoms with E-state index in [0.717, 1.165) is 10.4 Å². The lowest BCUT2D eigenvalue weighted by Crippen LogP contribution is -2.13. The molecule has 4 rings (SSSR count). The highest BCUT2D eigenvalue weighted by molar-refractivity contribution is 7.16. The van der Waals surface area contributed by atoms with Crippen molar-refractivity contribution in [1.29, 1.82) is 0 Å². The first-order valence-electron chi connectivity index (χ1n) is 8.36. The molecule has 0 aliphatic heterocycles. The molecular weight excluding hydrogens is 382 g/mol. The van der Waals surface area contributed by atoms with E-state index < -0.39 is 5.91 Å². The maximum absolute atomic E-state index is 13.4. The fourth-order valence-corrected chi connectivity index (χ4v) is 3.52. The third kappa shape index (κ3) is 3.67. The number of hydrogen-bond acceptors (Lipinski definition) is 4. The average Bonchev–Trinajstić information content (AvgIpc) is 3.30. The monoisotopic (exact) mass is 396 g/mol. The highest BCUT2D eigenvalue weighted by Crippen LogP contribution is 2.30. The number of carbonyl (C=O) groups excluding carboxylic acids is 1. The minimum atomic E-state index is -0.422. The number of thiazole rings is 1. The summed E-state index contributed by atoms with van der Waals surface area (Å²) >= 11 is 1.32. The molecule has 2 heterocycles. The summed E-state index contributed by atoms with van der Waals surface area (Å²) < 4.78 is 27.9. The predicted molar refractivity (Wildman–Crippen MR) is 104 cm³/mol. The zero-order valence-corrected chi connectivity index (χ0v) is 15.5. The molecular formula is C20H14F2N4OS. The van der Waals surface area contributed by atoms with Crippen LogP contribution in [0.25, 0.3) is 16.9 Å². The van der Waals surface area contributed by atoms with Gasteiger partial charge in [-0.15, -0.1) is 11.3 Å². The Morgan fingerprint density at radius 3 is 2.61 bits per heavy atom. The van der Waals surface area contributed by atoms with E-state index in [4.69, 9.17) is 0 Å². The molecule has 0 bridgehead atoms. The Morgan fingerprint density at radius 2 is 1.86 bits per heavy atom. The molecule has 140 valence electrons. The number of rotatable bonds is 4. The smallest absolute Gasteiger partial charge is 0.277 e. The molecule has 0 unspecified atom stereocenters. The number of halogens is 2. The van der Waals surface area contributed by atoms with Gasteiger partial charge in [0.2, 0.25) is 0 Å². The van der Waals surface area contributed by atoms with Crippen LogP contribution in [0.4, 0.5) is 13.9 Å². The van der Waals surface area contributed by atoms with E-state index in [9.17, 15) is 13.6 Å². The zero-order chi connectivity index (χ0) is 19.7. The molecule has 8 heteroatoms. The van der Waals surface area contributed by atoms with Gasteiger partial charge in [-0.1, -0.05) is 6.07 Å². The number of nitrogens with zero attached hydrogens (tertiary/aromatic N) is 3. The molecule has 0 radical (unpaired) electrons. The van der Waals surface area contributed by atoms with Gasteiger partial charge in [0.25, 0.3) is 5.91 Å². The fourth-order valence-electron chi connectivity index (χ4n) is 2.69. The Kier molecular flexibility index (Phi) is 4.70. The summed E-state index contributed by atoms with van der Waals surface area (Å²) in [6.45, 7) is 1.88. The quantitative estimate of drug-likeness (QED) is 0.537. The molecule has 2 aromatic heterocycles. The van der Waals surface area contributed by atoms with Crippen molar-refractivity contribution in [3.05, 3.63) is 83.0 Å². The Morgan fingerprint density at radius 1 is 1.07 bits per heavy atom. The summed E-state index contributed by atoms with van der Waals surface area (Å²) in [6.07, 6.45) is 1.58. The zero-order valence-electron chi connectivity index (χ0n) is 14.7. The Labute approximate surface area is 163 Å². The molecule has 1 N–H and O–H groups in total. The number of nitrogens with one attached hydrogen (secondary N) is 1. The third-order valence-electron chi connectivity index (χ3n) is 4.03. The lowest BCUT2D eigenvalue weighted by molar-refractivity contribution is 0.102. The molecule has 0 saturated heterocycles. The summed E-state index contributed by atoms with van der Waals surface area (Å²) in [5.74, 6) is -1.13. The first-order chi connectivity index (χ1) is 13.5. The van der Waals surface area contributed by atoms with Crippen molar-refractivity contribution in [2.45, 2.75) is 6.92 Å². The number of aryl methyl sites for hydroxylation is 1. The van der Waals surface area contributed by atoms with Gasteiger partial charge < -0.3 is 0 Å². The largest absolute Gasteiger partial charge is 0.296 e. The van der Waals surface area contributed by atoms with Crippen LogP contribution in [-0.4, -0.2) is 20.7 Å². The van der Waals surface area contributed by atoms with Gasteiger partial charge >= 0.3 is 0 Å². The van der Waals surface area contributed by atoms with Crippen molar-refractivity contribution in [3.8, 4) is 16.9 Å². The van der Waals surface area contributed by atoms with Crippen LogP contribution in [0.2, 0.25) is 0 Å². The molecule has 28 heavy (non-hydrogen) atoms. The molecule has 2 aromatic carbocycles. The number of hydrogen-bond donors (Lipinski definition) is 1. The van der Waals surface area contributed by atoms with Crippen LogP contribution in [0.5, 0.6) is 0 Å². The van der Waals surface area contributed by atoms with Gasteiger partial charge in [-0.05, 0) is 55.5 Å². The number of aromatic nitrogens is 3. The maximum Gasteiger partial charge on any atom is 0.277 e. The molecule has 0 fully saturated rings. The second kappa shape index (κ2) is 7.32. The van der Waals surface area contributed by atoms with Gasteiger partial charge in [-0.25, -0.2) is 18.4 Å². The maximum atomic E-state index is 13.4. The molecule has 0 saturated carbocycles. The lowest BCUT2D eigenvalue weighted by atomic mass is 10.1. The van der Waals surface area contributed by atoms with E-state index in [1.54, 1.807) is 36.5 Å². The van der Waals surface area contributed by atoms with E-state index in [-0.39, 0.29) is 17.3 Å². The van der Waals surface area contributed by atoms with Crippen LogP contribution in [0.15, 0.2) is 60.8 Å². The van der Waals surface area contributed by atoms with E-state index in [1.165, 1.54) is 40.3 Å². The van der Waals surface area contributed by atoms with Crippen molar-refractivity contribution < 1.29 is 13.6 Å². The van der Waals surface area contributed by atoms with Gasteiger partial charge in [-0.2, -0.15) is 5.10 Å². The van der Waals surface area contributed by atoms with Crippen LogP contribution in [0.1, 0.15) is 15.4 Å². The van der Waals surface area contributed by atoms with Gasteiger partial charge in [0.15, 0.2) is 10.8 Å². The minimum Gasteiger partial charge on any atom is -0.296 e. The van der Waals surface area contributed by atoms with Crippen molar-refractivity contribution in [2.24, 2.45) is 0 Å². The second-order valence-electron chi connectivity index (χ2n) is 6.01. The molecule has 0 atom stereocenters. The molecule has 0 aliphatic rings. The highest BCUT2D eigenvalue weighted by atomic mass is 32.1. The van der Waals surface area contributed by atoms with Gasteiger partial charge in [0, 0.05) is 16.6 Å². The van der Waals surface area contributed by atoms with Crippen LogP contribution in [0, 0.1) is 18.6 Å². The summed E-state index contributed by atoms with van der Waals surface area (Å²) in [7, 11) is 0. The van der Waals surface area contributed by atoms with E-state index in [0.29, 0.717) is 16.5 Å². The van der Waals surface area contributed by atoms with Crippen LogP contribution in [-0.2, 0) is 0 Å². The summed E-state index contributed by atoms with van der Waals surface area (Å²) in [4.78, 5) is 17.8. The lowest BCUT2D eigenvalue weighted by Gasteiger charge is -2.01. The van der Waals surface area contributed by atoms with Gasteiger partial charge in [0.1, 0.15) is 11.6 Å². The van der Waals surface area contributed by atoms with Crippen LogP contribution in [0.3, 0.4) is 0 Å². The summed E-state index contributed by atoms with van der Waals surface area (Å²) in [5, 5.41) is 7.33. The number of carbonyl (C=O) groups is 1. The van der Waals surface area contributed by atoms with Gasteiger partial charge in [-0.3, -0.25) is 10.1 Å². The minimum absolute atomic E-state index is 0.181. The van der Waals surface area contributed by atoms with E-state index in [2.05, 4.69) is 15.4 Å². The predicted octanol–water partition coefficient (Wildman–Crippen LogP) is 4.83. The highest BCUT2D eigenvalue weighted by Gasteiger charge is 2.15. The fraction of sp³-hybridized carbons (Fsp3) is 0.0500. The van der Waals surface area contributed by atoms with Crippen LogP contribution < -0.4 is 5.32 Å². The first-order valence-corrected chi connectivity index (χ1v) is 9.17. The van der Waals surface area contributed by atoms with Crippen molar-refractivity contribution in [2.75, 3.05) is 5.32 Å². The van der Waals surface area contributed by atoms with Crippen molar-refractivity contribution in [3.63, 3.8) is 0 Å². The average molecular weight is 396 g/mol. The second-order valence-corrected chi connectivity index (χ2v) is 7.21. The van der Waals surface area contributed by atoms with E-state index in [1.807, 2.05) is 6.92 Å². The topological polar surface area (TPSA) is 59.8 Å². The first kappa shape index (κ1) is 18.0. The Bertz CT molecular complexity index is 1150. The van der Waals surface area contributed by atoms with Crippen molar-refractivity contribution in [1.82, 2.24) is 14.8 Å². The molecule has 0 aliphatic carbocycles. The van der Waals surface area contributed by atoms with Gasteiger partial charge in [0.05, 0.1) is 11.4 Å². The molecule has 5 nitrogen and oxygen atoms in total. The van der Waals surface area contributed by atoms with E-state index >= 15 is 0 Å². The third-order valence-corrected chi connectivity index (χ3v) is 4.92. The number of benzene rings is 2. The van der Waals surface area contributed by atoms with Crippen LogP contribution >= 0.6 is 11.3 Å². The molecule has 4 aromatic rings. The normalized spacial score (nSPS) is 10.8. The van der Waals surface area contributed by atoms with Crippen molar-refractivity contribution >= 4 is 22.4 Å². The summed E-state index contributed by atoms with van der Waals surface area (Å²) in [5.41, 5.74) is 2.15. The Hall–Kier alpha value is -3.39. The standard InChI is InChI=1S/C20H14F2N4OS/c1-12-18(13-5-7-14(21)8-6-13)23-20(28-12)24-19(27)17-9-10-26(25-17)16-4-2-3-15(22)11-16/h2-11H,1H3,(H,23,24,27). The number of anilines is 1. The number of amides is 1. The SMILES string of the molecule is Cc1sc(NC(=O)c2ccn(-c3cccc(F)c3)n2)nc1-c1ccc(F)cc1. The molecule has 1 amide bonds. The molecule has 0 spiro atoms. The Balaban J connectivity index is 1.53. The summed E-state index contributed by atoms with van der Waals surface area (Å²) in [6, 6.07) is 13.5.